The van der Waals surface area contributed by atoms with E-state index in [0.717, 1.165) is 28.0 Å². The zero-order valence-electron chi connectivity index (χ0n) is 12.7. The Bertz CT molecular complexity index is 850. The zero-order chi connectivity index (χ0) is 16.2. The van der Waals surface area contributed by atoms with Crippen molar-refractivity contribution < 1.29 is 13.9 Å². The van der Waals surface area contributed by atoms with E-state index >= 15 is 0 Å². The van der Waals surface area contributed by atoms with E-state index < -0.39 is 0 Å². The summed E-state index contributed by atoms with van der Waals surface area (Å²) >= 11 is 0. The van der Waals surface area contributed by atoms with Gasteiger partial charge in [-0.25, -0.2) is 0 Å². The predicted molar refractivity (Wildman–Crippen MR) is 88.0 cm³/mol. The van der Waals surface area contributed by atoms with Crippen molar-refractivity contribution in [2.45, 2.75) is 6.54 Å². The molecule has 1 aromatic carbocycles. The van der Waals surface area contributed by atoms with E-state index in [2.05, 4.69) is 16.9 Å². The van der Waals surface area contributed by atoms with Crippen LogP contribution in [0, 0.1) is 0 Å². The van der Waals surface area contributed by atoms with E-state index in [9.17, 15) is 4.79 Å². The van der Waals surface area contributed by atoms with Crippen LogP contribution in [-0.4, -0.2) is 18.0 Å². The number of rotatable bonds is 5. The summed E-state index contributed by atoms with van der Waals surface area (Å²) in [5.41, 5.74) is 2.42. The SMILES string of the molecule is C=CC(=O)NCc1ccc(-c2cc3cc(OC)ccc3o2)nc1. The van der Waals surface area contributed by atoms with Gasteiger partial charge in [-0.15, -0.1) is 0 Å². The molecule has 0 aliphatic rings. The maximum Gasteiger partial charge on any atom is 0.243 e. The number of hydrogen-bond donors (Lipinski definition) is 1. The van der Waals surface area contributed by atoms with Crippen LogP contribution < -0.4 is 10.1 Å². The van der Waals surface area contributed by atoms with Crippen LogP contribution in [0.1, 0.15) is 5.56 Å². The first-order chi connectivity index (χ1) is 11.2. The van der Waals surface area contributed by atoms with Gasteiger partial charge in [0, 0.05) is 18.1 Å². The maximum atomic E-state index is 11.2. The number of ether oxygens (including phenoxy) is 1. The summed E-state index contributed by atoms with van der Waals surface area (Å²) in [5.74, 6) is 1.27. The molecule has 0 unspecified atom stereocenters. The number of furan rings is 1. The van der Waals surface area contributed by atoms with Gasteiger partial charge in [0.05, 0.1) is 7.11 Å². The average molecular weight is 308 g/mol. The summed E-state index contributed by atoms with van der Waals surface area (Å²) in [6.45, 7) is 3.82. The van der Waals surface area contributed by atoms with Crippen LogP contribution in [0.2, 0.25) is 0 Å². The van der Waals surface area contributed by atoms with Crippen molar-refractivity contribution in [1.82, 2.24) is 10.3 Å². The Balaban J connectivity index is 1.81. The van der Waals surface area contributed by atoms with Crippen molar-refractivity contribution in [2.24, 2.45) is 0 Å². The summed E-state index contributed by atoms with van der Waals surface area (Å²) in [6.07, 6.45) is 2.96. The van der Waals surface area contributed by atoms with E-state index in [0.29, 0.717) is 12.3 Å². The molecule has 0 fully saturated rings. The number of nitrogens with zero attached hydrogens (tertiary/aromatic N) is 1. The van der Waals surface area contributed by atoms with Gasteiger partial charge in [0.25, 0.3) is 0 Å². The number of methoxy groups -OCH3 is 1. The molecule has 0 atom stereocenters. The first-order valence-corrected chi connectivity index (χ1v) is 7.13. The molecule has 1 amide bonds. The quantitative estimate of drug-likeness (QED) is 0.734. The Morgan fingerprint density at radius 2 is 2.22 bits per heavy atom. The number of benzene rings is 1. The predicted octanol–water partition coefficient (Wildman–Crippen LogP) is 3.31. The highest BCUT2D eigenvalue weighted by molar-refractivity contribution is 5.86. The van der Waals surface area contributed by atoms with Crippen LogP contribution in [0.15, 0.2) is 59.7 Å². The second-order valence-corrected chi connectivity index (χ2v) is 4.99. The summed E-state index contributed by atoms with van der Waals surface area (Å²) in [4.78, 5) is 15.5. The largest absolute Gasteiger partial charge is 0.497 e. The molecule has 3 rings (SSSR count). The van der Waals surface area contributed by atoms with Gasteiger partial charge in [0.2, 0.25) is 5.91 Å². The minimum Gasteiger partial charge on any atom is -0.497 e. The number of hydrogen-bond acceptors (Lipinski definition) is 4. The van der Waals surface area contributed by atoms with Crippen LogP contribution in [0.25, 0.3) is 22.4 Å². The summed E-state index contributed by atoms with van der Waals surface area (Å²) in [6, 6.07) is 11.3. The Kier molecular flexibility index (Phi) is 4.10. The molecule has 2 aromatic heterocycles. The van der Waals surface area contributed by atoms with Crippen LogP contribution in [-0.2, 0) is 11.3 Å². The fourth-order valence-corrected chi connectivity index (χ4v) is 2.21. The van der Waals surface area contributed by atoms with Gasteiger partial charge in [-0.1, -0.05) is 12.6 Å². The van der Waals surface area contributed by atoms with Gasteiger partial charge in [-0.3, -0.25) is 9.78 Å². The number of pyridine rings is 1. The van der Waals surface area contributed by atoms with E-state index in [-0.39, 0.29) is 5.91 Å². The fourth-order valence-electron chi connectivity index (χ4n) is 2.21. The Labute approximate surface area is 133 Å². The second kappa shape index (κ2) is 6.36. The Morgan fingerprint density at radius 1 is 1.35 bits per heavy atom. The molecule has 0 saturated heterocycles. The number of carbonyl (C=O) groups is 1. The number of fused-ring (bicyclic) bond motifs is 1. The second-order valence-electron chi connectivity index (χ2n) is 4.99. The van der Waals surface area contributed by atoms with Crippen molar-refractivity contribution in [1.29, 1.82) is 0 Å². The highest BCUT2D eigenvalue weighted by Crippen LogP contribution is 2.29. The number of aromatic nitrogens is 1. The fraction of sp³-hybridized carbons (Fsp3) is 0.111. The highest BCUT2D eigenvalue weighted by Gasteiger charge is 2.08. The summed E-state index contributed by atoms with van der Waals surface area (Å²) in [5, 5.41) is 3.67. The van der Waals surface area contributed by atoms with Crippen LogP contribution in [0.3, 0.4) is 0 Å². The topological polar surface area (TPSA) is 64.4 Å². The average Bonchev–Trinajstić information content (AvgIpc) is 3.03. The van der Waals surface area contributed by atoms with E-state index in [1.54, 1.807) is 13.3 Å². The monoisotopic (exact) mass is 308 g/mol. The molecular formula is C18H16N2O3. The van der Waals surface area contributed by atoms with Crippen molar-refractivity contribution in [2.75, 3.05) is 7.11 Å². The van der Waals surface area contributed by atoms with Crippen LogP contribution in [0.4, 0.5) is 0 Å². The third-order valence-electron chi connectivity index (χ3n) is 3.45. The number of nitrogens with one attached hydrogen (secondary N) is 1. The minimum absolute atomic E-state index is 0.208. The van der Waals surface area contributed by atoms with Gasteiger partial charge < -0.3 is 14.5 Å². The zero-order valence-corrected chi connectivity index (χ0v) is 12.7. The van der Waals surface area contributed by atoms with Crippen LogP contribution >= 0.6 is 0 Å². The smallest absolute Gasteiger partial charge is 0.243 e. The molecule has 1 N–H and O–H groups in total. The third kappa shape index (κ3) is 3.23. The highest BCUT2D eigenvalue weighted by atomic mass is 16.5. The van der Waals surface area contributed by atoms with Gasteiger partial charge in [0.15, 0.2) is 5.76 Å². The summed E-state index contributed by atoms with van der Waals surface area (Å²) in [7, 11) is 1.63. The van der Waals surface area contributed by atoms with Gasteiger partial charge in [-0.2, -0.15) is 0 Å². The standard InChI is InChI=1S/C18H16N2O3/c1-3-18(21)20-11-12-4-6-15(19-10-12)17-9-13-8-14(22-2)5-7-16(13)23-17/h3-10H,1,11H2,2H3,(H,20,21). The summed E-state index contributed by atoms with van der Waals surface area (Å²) < 4.78 is 11.0. The molecular weight excluding hydrogens is 292 g/mol. The first kappa shape index (κ1) is 14.8. The van der Waals surface area contributed by atoms with Crippen molar-refractivity contribution in [3.05, 3.63) is 60.8 Å². The lowest BCUT2D eigenvalue weighted by Crippen LogP contribution is -2.19. The molecule has 3 aromatic rings. The van der Waals surface area contributed by atoms with Gasteiger partial charge >= 0.3 is 0 Å². The molecule has 0 radical (unpaired) electrons. The van der Waals surface area contributed by atoms with Crippen molar-refractivity contribution >= 4 is 16.9 Å². The molecule has 0 bridgehead atoms. The van der Waals surface area contributed by atoms with Crippen LogP contribution in [0.5, 0.6) is 5.75 Å². The Morgan fingerprint density at radius 3 is 2.91 bits per heavy atom. The number of amides is 1. The molecule has 5 heteroatoms. The normalized spacial score (nSPS) is 10.5. The molecule has 0 spiro atoms. The Hall–Kier alpha value is -3.08. The van der Waals surface area contributed by atoms with E-state index in [1.807, 2.05) is 36.4 Å². The molecule has 0 aliphatic heterocycles. The van der Waals surface area contributed by atoms with E-state index in [4.69, 9.17) is 9.15 Å². The van der Waals surface area contributed by atoms with E-state index in [1.165, 1.54) is 6.08 Å². The molecule has 23 heavy (non-hydrogen) atoms. The van der Waals surface area contributed by atoms with Crippen molar-refractivity contribution in [3.63, 3.8) is 0 Å². The van der Waals surface area contributed by atoms with Gasteiger partial charge in [-0.05, 0) is 42.0 Å². The molecule has 0 saturated carbocycles. The lowest BCUT2D eigenvalue weighted by molar-refractivity contribution is -0.116. The molecule has 0 aliphatic carbocycles. The van der Waals surface area contributed by atoms with Gasteiger partial charge in [0.1, 0.15) is 17.0 Å². The third-order valence-corrected chi connectivity index (χ3v) is 3.45. The molecule has 2 heterocycles. The first-order valence-electron chi connectivity index (χ1n) is 7.13. The lowest BCUT2D eigenvalue weighted by Gasteiger charge is -2.02. The number of carbonyl (C=O) groups excluding carboxylic acids is 1. The molecule has 5 nitrogen and oxygen atoms in total. The lowest BCUT2D eigenvalue weighted by atomic mass is 10.2. The maximum absolute atomic E-state index is 11.2. The minimum atomic E-state index is -0.208. The molecule has 116 valence electrons. The van der Waals surface area contributed by atoms with Crippen molar-refractivity contribution in [3.8, 4) is 17.2 Å².